The van der Waals surface area contributed by atoms with Crippen LogP contribution in [0.15, 0.2) is 52.8 Å². The van der Waals surface area contributed by atoms with E-state index in [0.29, 0.717) is 0 Å². The fraction of sp³-hybridized carbons (Fsp3) is 0.154. The van der Waals surface area contributed by atoms with Crippen LogP contribution in [-0.4, -0.2) is 28.3 Å². The summed E-state index contributed by atoms with van der Waals surface area (Å²) in [5.74, 6) is -0.375. The van der Waals surface area contributed by atoms with Crippen LogP contribution < -0.4 is 0 Å². The first kappa shape index (κ1) is 14.9. The number of methoxy groups -OCH3 is 1. The first-order valence-corrected chi connectivity index (χ1v) is 6.33. The van der Waals surface area contributed by atoms with Gasteiger partial charge in [-0.1, -0.05) is 36.4 Å². The summed E-state index contributed by atoms with van der Waals surface area (Å²) in [5, 5.41) is 14.6. The molecule has 8 heteroatoms. The van der Waals surface area contributed by atoms with E-state index in [1.165, 1.54) is 13.2 Å². The Hall–Kier alpha value is -2.54. The molecule has 1 aromatic rings. The van der Waals surface area contributed by atoms with Gasteiger partial charge in [0.15, 0.2) is 4.87 Å². The maximum Gasteiger partial charge on any atom is 0.363 e. The van der Waals surface area contributed by atoms with Gasteiger partial charge in [-0.25, -0.2) is 0 Å². The molecule has 21 heavy (non-hydrogen) atoms. The number of alkyl halides is 1. The van der Waals surface area contributed by atoms with Crippen molar-refractivity contribution in [1.82, 2.24) is 0 Å². The Morgan fingerprint density at radius 2 is 2.05 bits per heavy atom. The number of rotatable bonds is 3. The molecule has 0 fully saturated rings. The molecule has 1 aromatic carbocycles. The van der Waals surface area contributed by atoms with Crippen LogP contribution >= 0.6 is 11.6 Å². The molecule has 0 aliphatic carbocycles. The van der Waals surface area contributed by atoms with Crippen LogP contribution in [0.2, 0.25) is 0 Å². The van der Waals surface area contributed by atoms with Crippen LogP contribution in [-0.2, 0) is 4.74 Å². The number of nitro groups is 1. The molecular formula is C13H11ClN3O4+. The summed E-state index contributed by atoms with van der Waals surface area (Å²) in [6.45, 7) is 0. The Labute approximate surface area is 124 Å². The molecule has 108 valence electrons. The number of nitrogens with zero attached hydrogens (tertiary/aromatic N) is 3. The van der Waals surface area contributed by atoms with Crippen molar-refractivity contribution < 1.29 is 14.5 Å². The lowest BCUT2D eigenvalue weighted by Crippen LogP contribution is -2.30. The molecule has 7 nitrogen and oxygen atoms in total. The number of hydrogen-bond acceptors (Lipinski definition) is 4. The molecule has 0 saturated carbocycles. The van der Waals surface area contributed by atoms with E-state index in [1.54, 1.807) is 6.08 Å². The number of hydrazone groups is 1. The molecule has 0 bridgehead atoms. The van der Waals surface area contributed by atoms with Gasteiger partial charge in [-0.15, -0.1) is 0 Å². The summed E-state index contributed by atoms with van der Waals surface area (Å²) in [7, 11) is 1.20. The average molecular weight is 309 g/mol. The van der Waals surface area contributed by atoms with Crippen molar-refractivity contribution in [3.05, 3.63) is 68.3 Å². The highest BCUT2D eigenvalue weighted by molar-refractivity contribution is 6.22. The molecule has 0 aromatic heterocycles. The zero-order valence-corrected chi connectivity index (χ0v) is 11.7. The van der Waals surface area contributed by atoms with E-state index in [1.807, 2.05) is 30.3 Å². The van der Waals surface area contributed by atoms with Gasteiger partial charge in [0.2, 0.25) is 0 Å². The smallest absolute Gasteiger partial charge is 0.363 e. The molecule has 1 atom stereocenters. The van der Waals surface area contributed by atoms with Crippen molar-refractivity contribution in [2.24, 2.45) is 5.10 Å². The van der Waals surface area contributed by atoms with Crippen LogP contribution in [0, 0.1) is 15.0 Å². The number of nitroso groups, excluding NO2 is 1. The zero-order chi connectivity index (χ0) is 15.4. The Morgan fingerprint density at radius 3 is 2.62 bits per heavy atom. The highest BCUT2D eigenvalue weighted by Crippen LogP contribution is 2.25. The van der Waals surface area contributed by atoms with Gasteiger partial charge in [-0.05, 0) is 23.2 Å². The van der Waals surface area contributed by atoms with Crippen molar-refractivity contribution >= 4 is 23.6 Å². The molecule has 0 N–H and O–H groups in total. The lowest BCUT2D eigenvalue weighted by molar-refractivity contribution is -0.568. The third kappa shape index (κ3) is 3.14. The Kier molecular flexibility index (Phi) is 4.44. The monoisotopic (exact) mass is 308 g/mol. The minimum Gasteiger partial charge on any atom is -0.472 e. The zero-order valence-electron chi connectivity index (χ0n) is 11.0. The van der Waals surface area contributed by atoms with Crippen LogP contribution in [0.3, 0.4) is 0 Å². The summed E-state index contributed by atoms with van der Waals surface area (Å²) in [5.41, 5.74) is -0.871. The van der Waals surface area contributed by atoms with Gasteiger partial charge in [0.05, 0.1) is 22.0 Å². The molecule has 2 rings (SSSR count). The Bertz CT molecular complexity index is 667. The third-order valence-electron chi connectivity index (χ3n) is 2.75. The number of benzene rings is 1. The normalized spacial score (nSPS) is 18.9. The van der Waals surface area contributed by atoms with Crippen molar-refractivity contribution in [3.8, 4) is 0 Å². The van der Waals surface area contributed by atoms with E-state index in [4.69, 9.17) is 16.3 Å². The van der Waals surface area contributed by atoms with Crippen molar-refractivity contribution in [2.75, 3.05) is 7.11 Å². The number of hydrogen-bond donors (Lipinski definition) is 0. The maximum absolute atomic E-state index is 11.6. The van der Waals surface area contributed by atoms with E-state index < -0.39 is 16.1 Å². The van der Waals surface area contributed by atoms with Gasteiger partial charge < -0.3 is 4.74 Å². The Morgan fingerprint density at radius 1 is 1.38 bits per heavy atom. The van der Waals surface area contributed by atoms with Gasteiger partial charge in [-0.2, -0.15) is 0 Å². The van der Waals surface area contributed by atoms with Gasteiger partial charge in [0.1, 0.15) is 5.57 Å². The first-order valence-electron chi connectivity index (χ1n) is 5.89. The van der Waals surface area contributed by atoms with Gasteiger partial charge in [0.25, 0.3) is 0 Å². The molecule has 0 amide bonds. The minimum atomic E-state index is -1.29. The van der Waals surface area contributed by atoms with Crippen LogP contribution in [0.1, 0.15) is 5.56 Å². The van der Waals surface area contributed by atoms with E-state index in [0.717, 1.165) is 5.56 Å². The SMILES string of the molecule is COC1=N[N+](=O)C(Cl)C(/C=C/c2ccccc2)=C1[N+](=O)[O-]. The second-order valence-electron chi connectivity index (χ2n) is 4.05. The first-order chi connectivity index (χ1) is 10.0. The average Bonchev–Trinajstić information content (AvgIpc) is 2.48. The lowest BCUT2D eigenvalue weighted by Gasteiger charge is -2.08. The highest BCUT2D eigenvalue weighted by atomic mass is 35.5. The van der Waals surface area contributed by atoms with E-state index >= 15 is 0 Å². The van der Waals surface area contributed by atoms with Gasteiger partial charge >= 0.3 is 17.1 Å². The highest BCUT2D eigenvalue weighted by Gasteiger charge is 2.44. The van der Waals surface area contributed by atoms with Crippen molar-refractivity contribution in [2.45, 2.75) is 5.50 Å². The van der Waals surface area contributed by atoms with Crippen LogP contribution in [0.5, 0.6) is 0 Å². The van der Waals surface area contributed by atoms with E-state index in [2.05, 4.69) is 5.10 Å². The maximum atomic E-state index is 11.6. The third-order valence-corrected chi connectivity index (χ3v) is 3.15. The topological polar surface area (TPSA) is 84.8 Å². The number of ether oxygens (including phenoxy) is 1. The quantitative estimate of drug-likeness (QED) is 0.282. The largest absolute Gasteiger partial charge is 0.472 e. The summed E-state index contributed by atoms with van der Waals surface area (Å²) < 4.78 is 4.78. The molecule has 0 saturated heterocycles. The summed E-state index contributed by atoms with van der Waals surface area (Å²) >= 11 is 5.90. The van der Waals surface area contributed by atoms with E-state index in [-0.39, 0.29) is 16.3 Å². The van der Waals surface area contributed by atoms with Crippen molar-refractivity contribution in [1.29, 1.82) is 0 Å². The predicted octanol–water partition coefficient (Wildman–Crippen LogP) is 2.55. The Balaban J connectivity index is 2.48. The molecule has 1 unspecified atom stereocenters. The molecule has 1 aliphatic rings. The van der Waals surface area contributed by atoms with Gasteiger partial charge in [0, 0.05) is 0 Å². The predicted molar refractivity (Wildman–Crippen MR) is 77.2 cm³/mol. The minimum absolute atomic E-state index is 0.0207. The second kappa shape index (κ2) is 6.27. The molecular weight excluding hydrogens is 298 g/mol. The van der Waals surface area contributed by atoms with Crippen molar-refractivity contribution in [3.63, 3.8) is 0 Å². The number of halogens is 1. The van der Waals surface area contributed by atoms with Crippen LogP contribution in [0.25, 0.3) is 6.08 Å². The van der Waals surface area contributed by atoms with E-state index in [9.17, 15) is 15.0 Å². The summed E-state index contributed by atoms with van der Waals surface area (Å²) in [6, 6.07) is 9.12. The fourth-order valence-corrected chi connectivity index (χ4v) is 1.99. The molecule has 1 aliphatic heterocycles. The molecule has 0 spiro atoms. The van der Waals surface area contributed by atoms with Crippen LogP contribution in [0.4, 0.5) is 0 Å². The molecule has 0 radical (unpaired) electrons. The van der Waals surface area contributed by atoms with Gasteiger partial charge in [-0.3, -0.25) is 10.1 Å². The second-order valence-corrected chi connectivity index (χ2v) is 4.47. The lowest BCUT2D eigenvalue weighted by atomic mass is 10.1. The standard InChI is InChI=1S/C13H11ClN3O4/c1-21-13-11(17(19)20)10(12(14)16(18)15-13)8-7-9-5-3-2-4-6-9/h2-8,12H,1H3/q+1/b8-7+. The fourth-order valence-electron chi connectivity index (χ4n) is 1.77. The summed E-state index contributed by atoms with van der Waals surface area (Å²) in [4.78, 5) is 22.2. The molecule has 1 heterocycles. The summed E-state index contributed by atoms with van der Waals surface area (Å²) in [6.07, 6.45) is 3.05.